The maximum atomic E-state index is 12.3. The first-order chi connectivity index (χ1) is 14.8. The minimum atomic E-state index is -0.736. The monoisotopic (exact) mass is 439 g/mol. The average Bonchev–Trinajstić information content (AvgIpc) is 3.25. The molecule has 0 unspecified atom stereocenters. The van der Waals surface area contributed by atoms with Crippen LogP contribution in [-0.2, 0) is 14.3 Å². The van der Waals surface area contributed by atoms with Gasteiger partial charge in [0.2, 0.25) is 5.91 Å². The van der Waals surface area contributed by atoms with Crippen LogP contribution in [0.2, 0.25) is 0 Å². The van der Waals surface area contributed by atoms with Crippen molar-refractivity contribution in [2.75, 3.05) is 25.5 Å². The quantitative estimate of drug-likeness (QED) is 0.563. The molecule has 0 saturated carbocycles. The molecule has 31 heavy (non-hydrogen) atoms. The van der Waals surface area contributed by atoms with Crippen molar-refractivity contribution in [3.8, 4) is 10.8 Å². The molecule has 2 amide bonds. The second kappa shape index (κ2) is 9.90. The minimum Gasteiger partial charge on any atom is -0.451 e. The SMILES string of the molecule is Cc1cccc(C)c1NC(=O)CN(C)C(=O)COC(=O)c1csc(-c2ncccn2)n1. The van der Waals surface area contributed by atoms with E-state index in [9.17, 15) is 14.4 Å². The van der Waals surface area contributed by atoms with Gasteiger partial charge >= 0.3 is 5.97 Å². The normalized spacial score (nSPS) is 10.4. The van der Waals surface area contributed by atoms with Gasteiger partial charge in [0.15, 0.2) is 23.1 Å². The van der Waals surface area contributed by atoms with E-state index in [0.29, 0.717) is 10.8 Å². The Morgan fingerprint density at radius 3 is 2.45 bits per heavy atom. The van der Waals surface area contributed by atoms with Crippen LogP contribution in [0.5, 0.6) is 0 Å². The summed E-state index contributed by atoms with van der Waals surface area (Å²) in [6.45, 7) is 3.12. The number of aromatic nitrogens is 3. The van der Waals surface area contributed by atoms with Crippen molar-refractivity contribution in [2.24, 2.45) is 0 Å². The van der Waals surface area contributed by atoms with Crippen LogP contribution in [0.4, 0.5) is 5.69 Å². The largest absolute Gasteiger partial charge is 0.451 e. The van der Waals surface area contributed by atoms with Crippen molar-refractivity contribution in [2.45, 2.75) is 13.8 Å². The van der Waals surface area contributed by atoms with Gasteiger partial charge in [0.1, 0.15) is 0 Å². The van der Waals surface area contributed by atoms with E-state index in [0.717, 1.165) is 16.8 Å². The third-order valence-electron chi connectivity index (χ3n) is 4.35. The fourth-order valence-electron chi connectivity index (χ4n) is 2.69. The zero-order chi connectivity index (χ0) is 22.4. The predicted octanol–water partition coefficient (Wildman–Crippen LogP) is 2.47. The first-order valence-corrected chi connectivity index (χ1v) is 10.2. The van der Waals surface area contributed by atoms with Crippen LogP contribution >= 0.6 is 11.3 Å². The zero-order valence-electron chi connectivity index (χ0n) is 17.3. The standard InChI is InChI=1S/C21H21N5O4S/c1-13-6-4-7-14(2)18(13)25-16(27)10-26(3)17(28)11-30-21(29)15-12-31-20(24-15)19-22-8-5-9-23-19/h4-9,12H,10-11H2,1-3H3,(H,25,27). The number of benzene rings is 1. The molecule has 2 aromatic heterocycles. The van der Waals surface area contributed by atoms with Gasteiger partial charge in [0.05, 0.1) is 6.54 Å². The number of carbonyl (C=O) groups excluding carboxylic acids is 3. The molecule has 0 bridgehead atoms. The Morgan fingerprint density at radius 2 is 1.77 bits per heavy atom. The summed E-state index contributed by atoms with van der Waals surface area (Å²) in [6, 6.07) is 7.37. The minimum absolute atomic E-state index is 0.0654. The summed E-state index contributed by atoms with van der Waals surface area (Å²) in [5, 5.41) is 4.80. The van der Waals surface area contributed by atoms with E-state index in [2.05, 4.69) is 20.3 Å². The molecule has 2 heterocycles. The maximum absolute atomic E-state index is 12.3. The molecule has 3 aromatic rings. The highest BCUT2D eigenvalue weighted by atomic mass is 32.1. The number of para-hydroxylation sites is 1. The van der Waals surface area contributed by atoms with Crippen molar-refractivity contribution >= 4 is 34.8 Å². The van der Waals surface area contributed by atoms with Gasteiger partial charge < -0.3 is 15.0 Å². The highest BCUT2D eigenvalue weighted by molar-refractivity contribution is 7.13. The van der Waals surface area contributed by atoms with Gasteiger partial charge in [-0.1, -0.05) is 18.2 Å². The molecule has 0 spiro atoms. The Morgan fingerprint density at radius 1 is 1.10 bits per heavy atom. The second-order valence-corrected chi connectivity index (χ2v) is 7.61. The van der Waals surface area contributed by atoms with Crippen molar-refractivity contribution in [3.05, 3.63) is 58.9 Å². The van der Waals surface area contributed by atoms with E-state index in [1.165, 1.54) is 28.7 Å². The van der Waals surface area contributed by atoms with Gasteiger partial charge in [-0.3, -0.25) is 9.59 Å². The Kier molecular flexibility index (Phi) is 7.03. The highest BCUT2D eigenvalue weighted by Crippen LogP contribution is 2.20. The molecule has 0 aliphatic carbocycles. The molecule has 9 nitrogen and oxygen atoms in total. The zero-order valence-corrected chi connectivity index (χ0v) is 18.1. The van der Waals surface area contributed by atoms with Crippen LogP contribution in [0.25, 0.3) is 10.8 Å². The summed E-state index contributed by atoms with van der Waals surface area (Å²) < 4.78 is 5.04. The average molecular weight is 439 g/mol. The molecule has 0 fully saturated rings. The van der Waals surface area contributed by atoms with Crippen LogP contribution < -0.4 is 5.32 Å². The predicted molar refractivity (Wildman–Crippen MR) is 116 cm³/mol. The first-order valence-electron chi connectivity index (χ1n) is 9.35. The molecule has 0 atom stereocenters. The van der Waals surface area contributed by atoms with Gasteiger partial charge in [-0.25, -0.2) is 19.7 Å². The number of amides is 2. The van der Waals surface area contributed by atoms with Crippen LogP contribution in [0.1, 0.15) is 21.6 Å². The van der Waals surface area contributed by atoms with Crippen LogP contribution in [0.3, 0.4) is 0 Å². The molecule has 0 radical (unpaired) electrons. The molecule has 3 rings (SSSR count). The molecule has 0 saturated heterocycles. The number of nitrogens with one attached hydrogen (secondary N) is 1. The summed E-state index contributed by atoms with van der Waals surface area (Å²) in [5.74, 6) is -1.18. The summed E-state index contributed by atoms with van der Waals surface area (Å²) in [5.41, 5.74) is 2.65. The topological polar surface area (TPSA) is 114 Å². The van der Waals surface area contributed by atoms with E-state index < -0.39 is 18.5 Å². The summed E-state index contributed by atoms with van der Waals surface area (Å²) >= 11 is 1.20. The fourth-order valence-corrected chi connectivity index (χ4v) is 3.42. The first kappa shape index (κ1) is 22.0. The number of anilines is 1. The molecule has 0 aliphatic rings. The van der Waals surface area contributed by atoms with Gasteiger partial charge in [0, 0.05) is 30.5 Å². The van der Waals surface area contributed by atoms with Gasteiger partial charge in [-0.05, 0) is 31.0 Å². The molecular formula is C21H21N5O4S. The lowest BCUT2D eigenvalue weighted by Crippen LogP contribution is -2.37. The van der Waals surface area contributed by atoms with Crippen molar-refractivity contribution in [3.63, 3.8) is 0 Å². The Bertz CT molecular complexity index is 1080. The number of aryl methyl sites for hydroxylation is 2. The lowest BCUT2D eigenvalue weighted by molar-refractivity contribution is -0.136. The number of rotatable bonds is 7. The number of hydrogen-bond donors (Lipinski definition) is 1. The molecule has 10 heteroatoms. The lowest BCUT2D eigenvalue weighted by atomic mass is 10.1. The molecule has 1 aromatic carbocycles. The number of thiazole rings is 1. The van der Waals surface area contributed by atoms with Gasteiger partial charge in [0.25, 0.3) is 5.91 Å². The van der Waals surface area contributed by atoms with Crippen molar-refractivity contribution in [1.29, 1.82) is 0 Å². The van der Waals surface area contributed by atoms with E-state index in [-0.39, 0.29) is 18.1 Å². The summed E-state index contributed by atoms with van der Waals surface area (Å²) in [7, 11) is 1.47. The van der Waals surface area contributed by atoms with Crippen molar-refractivity contribution < 1.29 is 19.1 Å². The highest BCUT2D eigenvalue weighted by Gasteiger charge is 2.19. The van der Waals surface area contributed by atoms with E-state index in [4.69, 9.17) is 4.74 Å². The molecule has 0 aliphatic heterocycles. The van der Waals surface area contributed by atoms with Crippen LogP contribution in [-0.4, -0.2) is 57.8 Å². The molecular weight excluding hydrogens is 418 g/mol. The third-order valence-corrected chi connectivity index (χ3v) is 5.19. The summed E-state index contributed by atoms with van der Waals surface area (Å²) in [4.78, 5) is 50.2. The molecule has 1 N–H and O–H groups in total. The Labute approximate surface area is 183 Å². The van der Waals surface area contributed by atoms with Crippen LogP contribution in [0, 0.1) is 13.8 Å². The second-order valence-electron chi connectivity index (χ2n) is 6.75. The number of hydrogen-bond acceptors (Lipinski definition) is 8. The van der Waals surface area contributed by atoms with Gasteiger partial charge in [-0.2, -0.15) is 0 Å². The third kappa shape index (κ3) is 5.70. The van der Waals surface area contributed by atoms with E-state index >= 15 is 0 Å². The Balaban J connectivity index is 1.50. The summed E-state index contributed by atoms with van der Waals surface area (Å²) in [6.07, 6.45) is 3.15. The Hall–Kier alpha value is -3.66. The number of esters is 1. The van der Waals surface area contributed by atoms with E-state index in [1.54, 1.807) is 18.5 Å². The maximum Gasteiger partial charge on any atom is 0.358 e. The lowest BCUT2D eigenvalue weighted by Gasteiger charge is -2.18. The smallest absolute Gasteiger partial charge is 0.358 e. The number of likely N-dealkylation sites (N-methyl/N-ethyl adjacent to an activating group) is 1. The van der Waals surface area contributed by atoms with Gasteiger partial charge in [-0.15, -0.1) is 11.3 Å². The van der Waals surface area contributed by atoms with Crippen LogP contribution in [0.15, 0.2) is 42.0 Å². The number of ether oxygens (including phenoxy) is 1. The van der Waals surface area contributed by atoms with E-state index in [1.807, 2.05) is 32.0 Å². The number of carbonyl (C=O) groups is 3. The van der Waals surface area contributed by atoms with Crippen molar-refractivity contribution in [1.82, 2.24) is 19.9 Å². The molecule has 160 valence electrons. The number of nitrogens with zero attached hydrogens (tertiary/aromatic N) is 4. The fraction of sp³-hybridized carbons (Fsp3) is 0.238.